The lowest BCUT2D eigenvalue weighted by Gasteiger charge is -2.18. The highest BCUT2D eigenvalue weighted by Gasteiger charge is 2.18. The van der Waals surface area contributed by atoms with E-state index in [4.69, 9.17) is 4.74 Å². The van der Waals surface area contributed by atoms with Gasteiger partial charge in [0.15, 0.2) is 6.61 Å². The summed E-state index contributed by atoms with van der Waals surface area (Å²) >= 11 is 4.44. The van der Waals surface area contributed by atoms with Crippen molar-refractivity contribution in [3.05, 3.63) is 51.8 Å². The maximum Gasteiger partial charge on any atom is 0.321 e. The lowest BCUT2D eigenvalue weighted by Crippen LogP contribution is -2.34. The van der Waals surface area contributed by atoms with E-state index < -0.39 is 35.1 Å². The highest BCUT2D eigenvalue weighted by Crippen LogP contribution is 2.17. The molecule has 2 rings (SSSR count). The Bertz CT molecular complexity index is 869. The molecule has 0 unspecified atom stereocenters. The van der Waals surface area contributed by atoms with Crippen LogP contribution in [0.5, 0.6) is 0 Å². The molecule has 0 bridgehead atoms. The second-order valence-corrected chi connectivity index (χ2v) is 9.05. The molecule has 1 aromatic heterocycles. The molecule has 0 fully saturated rings. The lowest BCUT2D eigenvalue weighted by molar-refractivity contribution is -0.150. The second-order valence-electron chi connectivity index (χ2n) is 5.26. The van der Waals surface area contributed by atoms with Crippen LogP contribution in [0.25, 0.3) is 0 Å². The van der Waals surface area contributed by atoms with Crippen LogP contribution in [0, 0.1) is 0 Å². The zero-order valence-electron chi connectivity index (χ0n) is 13.8. The number of benzene rings is 1. The molecule has 0 atom stereocenters. The van der Waals surface area contributed by atoms with Crippen LogP contribution in [-0.4, -0.2) is 45.4 Å². The summed E-state index contributed by atoms with van der Waals surface area (Å²) in [6.45, 7) is -0.648. The quantitative estimate of drug-likeness (QED) is 0.607. The van der Waals surface area contributed by atoms with E-state index in [0.29, 0.717) is 6.54 Å². The van der Waals surface area contributed by atoms with Crippen LogP contribution in [0.1, 0.15) is 5.56 Å². The minimum absolute atomic E-state index is 0.106. The van der Waals surface area contributed by atoms with Crippen LogP contribution in [0.4, 0.5) is 0 Å². The summed E-state index contributed by atoms with van der Waals surface area (Å²) < 4.78 is 31.7. The molecule has 0 spiro atoms. The van der Waals surface area contributed by atoms with Gasteiger partial charge in [-0.1, -0.05) is 40.2 Å². The summed E-state index contributed by atoms with van der Waals surface area (Å²) in [5, 5.41) is 1.62. The lowest BCUT2D eigenvalue weighted by atomic mass is 10.2. The van der Waals surface area contributed by atoms with Crippen LogP contribution in [-0.2, 0) is 30.9 Å². The van der Waals surface area contributed by atoms with Crippen LogP contribution in [0.3, 0.4) is 0 Å². The molecule has 2 aromatic rings. The summed E-state index contributed by atoms with van der Waals surface area (Å²) in [7, 11) is -2.15. The first-order chi connectivity index (χ1) is 12.3. The van der Waals surface area contributed by atoms with E-state index in [1.165, 1.54) is 11.0 Å². The Hall–Kier alpha value is -1.75. The van der Waals surface area contributed by atoms with E-state index in [9.17, 15) is 18.0 Å². The third-order valence-electron chi connectivity index (χ3n) is 3.31. The number of halogens is 1. The summed E-state index contributed by atoms with van der Waals surface area (Å²) in [4.78, 5) is 25.1. The number of amides is 1. The number of rotatable bonds is 8. The van der Waals surface area contributed by atoms with Crippen molar-refractivity contribution in [1.82, 2.24) is 9.62 Å². The zero-order valence-corrected chi connectivity index (χ0v) is 17.1. The van der Waals surface area contributed by atoms with Crippen LogP contribution < -0.4 is 4.72 Å². The fraction of sp³-hybridized carbons (Fsp3) is 0.250. The number of hydrogen-bond donors (Lipinski definition) is 1. The Labute approximate surface area is 164 Å². The molecule has 10 heteroatoms. The predicted molar refractivity (Wildman–Crippen MR) is 101 cm³/mol. The average Bonchev–Trinajstić information content (AvgIpc) is 3.15. The molecule has 1 heterocycles. The van der Waals surface area contributed by atoms with Gasteiger partial charge in [-0.25, -0.2) is 8.42 Å². The summed E-state index contributed by atoms with van der Waals surface area (Å²) in [6, 6.07) is 10.5. The molecule has 1 N–H and O–H groups in total. The van der Waals surface area contributed by atoms with Crippen molar-refractivity contribution in [3.63, 3.8) is 0 Å². The Balaban J connectivity index is 1.78. The highest BCUT2D eigenvalue weighted by atomic mass is 79.9. The van der Waals surface area contributed by atoms with Gasteiger partial charge in [0.1, 0.15) is 10.8 Å². The molecule has 0 aliphatic rings. The van der Waals surface area contributed by atoms with E-state index >= 15 is 0 Å². The number of hydrogen-bond acceptors (Lipinski definition) is 6. The number of carbonyl (C=O) groups excluding carboxylic acids is 2. The molecular weight excluding hydrogens is 444 g/mol. The predicted octanol–water partition coefficient (Wildman–Crippen LogP) is 1.99. The maximum absolute atomic E-state index is 12.0. The molecule has 26 heavy (non-hydrogen) atoms. The monoisotopic (exact) mass is 460 g/mol. The van der Waals surface area contributed by atoms with E-state index in [0.717, 1.165) is 21.4 Å². The minimum Gasteiger partial charge on any atom is -0.455 e. The van der Waals surface area contributed by atoms with Gasteiger partial charge in [0.2, 0.25) is 0 Å². The van der Waals surface area contributed by atoms with E-state index in [1.807, 2.05) is 24.3 Å². The second kappa shape index (κ2) is 9.26. The topological polar surface area (TPSA) is 92.8 Å². The number of nitrogens with one attached hydrogen (secondary N) is 1. The molecule has 0 aliphatic carbocycles. The number of ether oxygens (including phenoxy) is 1. The van der Waals surface area contributed by atoms with Crippen molar-refractivity contribution in [2.45, 2.75) is 10.8 Å². The molecule has 0 aliphatic heterocycles. The number of thiophene rings is 1. The first kappa shape index (κ1) is 20.6. The largest absolute Gasteiger partial charge is 0.455 e. The van der Waals surface area contributed by atoms with Crippen LogP contribution in [0.2, 0.25) is 0 Å². The molecule has 140 valence electrons. The van der Waals surface area contributed by atoms with Gasteiger partial charge >= 0.3 is 5.97 Å². The minimum atomic E-state index is -3.75. The molecule has 1 aromatic carbocycles. The Morgan fingerprint density at radius 1 is 1.23 bits per heavy atom. The Kier molecular flexibility index (Phi) is 7.33. The first-order valence-electron chi connectivity index (χ1n) is 7.46. The summed E-state index contributed by atoms with van der Waals surface area (Å²) in [5.74, 6) is -1.22. The van der Waals surface area contributed by atoms with Crippen LogP contribution in [0.15, 0.2) is 50.5 Å². The maximum atomic E-state index is 12.0. The van der Waals surface area contributed by atoms with Gasteiger partial charge in [-0.05, 0) is 23.1 Å². The van der Waals surface area contributed by atoms with Crippen molar-refractivity contribution in [2.75, 3.05) is 20.2 Å². The molecule has 1 amide bonds. The van der Waals surface area contributed by atoms with Crippen molar-refractivity contribution < 1.29 is 22.7 Å². The smallest absolute Gasteiger partial charge is 0.321 e. The van der Waals surface area contributed by atoms with Gasteiger partial charge in [-0.2, -0.15) is 4.72 Å². The Morgan fingerprint density at radius 2 is 1.96 bits per heavy atom. The third-order valence-corrected chi connectivity index (χ3v) is 6.89. The SMILES string of the molecule is CN(Cc1ccccc1Br)C(=O)COC(=O)CNS(=O)(=O)c1cccs1. The van der Waals surface area contributed by atoms with Crippen molar-refractivity contribution >= 4 is 49.2 Å². The first-order valence-corrected chi connectivity index (χ1v) is 10.6. The number of esters is 1. The molecule has 0 radical (unpaired) electrons. The molecule has 0 saturated heterocycles. The summed E-state index contributed by atoms with van der Waals surface area (Å²) in [6.07, 6.45) is 0. The fourth-order valence-electron chi connectivity index (χ4n) is 1.92. The van der Waals surface area contributed by atoms with E-state index in [-0.39, 0.29) is 4.21 Å². The molecule has 0 saturated carbocycles. The number of carbonyl (C=O) groups is 2. The number of sulfonamides is 1. The highest BCUT2D eigenvalue weighted by molar-refractivity contribution is 9.10. The zero-order chi connectivity index (χ0) is 19.2. The standard InChI is InChI=1S/C16H17BrN2O5S2/c1-19(10-12-5-2-3-6-13(12)17)14(20)11-24-15(21)9-18-26(22,23)16-7-4-8-25-16/h2-8,18H,9-11H2,1H3. The van der Waals surface area contributed by atoms with E-state index in [2.05, 4.69) is 20.7 Å². The normalized spacial score (nSPS) is 11.2. The van der Waals surface area contributed by atoms with Gasteiger partial charge in [-0.3, -0.25) is 9.59 Å². The summed E-state index contributed by atoms with van der Waals surface area (Å²) in [5.41, 5.74) is 0.915. The van der Waals surface area contributed by atoms with Crippen molar-refractivity contribution in [3.8, 4) is 0 Å². The van der Waals surface area contributed by atoms with Gasteiger partial charge in [0.25, 0.3) is 15.9 Å². The van der Waals surface area contributed by atoms with Crippen LogP contribution >= 0.6 is 27.3 Å². The molecule has 7 nitrogen and oxygen atoms in total. The van der Waals surface area contributed by atoms with Crippen molar-refractivity contribution in [2.24, 2.45) is 0 Å². The number of nitrogens with zero attached hydrogens (tertiary/aromatic N) is 1. The number of likely N-dealkylation sites (N-methyl/N-ethyl adjacent to an activating group) is 1. The average molecular weight is 461 g/mol. The fourth-order valence-corrected chi connectivity index (χ4v) is 4.33. The van der Waals surface area contributed by atoms with Gasteiger partial charge < -0.3 is 9.64 Å². The third kappa shape index (κ3) is 5.90. The van der Waals surface area contributed by atoms with Gasteiger partial charge in [0, 0.05) is 18.1 Å². The van der Waals surface area contributed by atoms with Gasteiger partial charge in [0.05, 0.1) is 0 Å². The molecular formula is C16H17BrN2O5S2. The van der Waals surface area contributed by atoms with Crippen molar-refractivity contribution in [1.29, 1.82) is 0 Å². The van der Waals surface area contributed by atoms with Gasteiger partial charge in [-0.15, -0.1) is 11.3 Å². The van der Waals surface area contributed by atoms with E-state index in [1.54, 1.807) is 18.5 Å². The Morgan fingerprint density at radius 3 is 2.62 bits per heavy atom.